The molecule has 9 nitrogen and oxygen atoms in total. The molecule has 8 bridgehead atoms. The summed E-state index contributed by atoms with van der Waals surface area (Å²) in [6.07, 6.45) is 0. The lowest BCUT2D eigenvalue weighted by molar-refractivity contribution is 0.283. The van der Waals surface area contributed by atoms with Crippen LogP contribution < -0.4 is 0 Å². The normalized spacial score (nSPS) is 12.0. The SMILES string of the molecule is OCc1cccc2c3nc4nc(nc5[nH]c(nc6nc(nc([nH]3)c12)-c1ccccc1-6)c1ccccc51)-c1ccccc1-4. The van der Waals surface area contributed by atoms with Crippen molar-refractivity contribution in [3.8, 4) is 45.6 Å². The van der Waals surface area contributed by atoms with E-state index in [-0.39, 0.29) is 6.61 Å². The van der Waals surface area contributed by atoms with Gasteiger partial charge in [-0.25, -0.2) is 29.9 Å². The van der Waals surface area contributed by atoms with Gasteiger partial charge in [-0.15, -0.1) is 0 Å². The van der Waals surface area contributed by atoms with E-state index in [2.05, 4.69) is 9.97 Å². The van der Waals surface area contributed by atoms with E-state index in [0.717, 1.165) is 49.4 Å². The van der Waals surface area contributed by atoms with E-state index < -0.39 is 0 Å². The van der Waals surface area contributed by atoms with Gasteiger partial charge >= 0.3 is 0 Å². The van der Waals surface area contributed by atoms with Gasteiger partial charge in [0, 0.05) is 43.8 Å². The van der Waals surface area contributed by atoms with Gasteiger partial charge in [0.1, 0.15) is 22.6 Å². The fraction of sp³-hybridized carbons (Fsp3) is 0.0303. The number of aromatic nitrogens is 8. The largest absolute Gasteiger partial charge is 0.392 e. The fourth-order valence-electron chi connectivity index (χ4n) is 5.89. The van der Waals surface area contributed by atoms with E-state index in [9.17, 15) is 5.11 Å². The maximum atomic E-state index is 10.2. The van der Waals surface area contributed by atoms with Crippen LogP contribution in [0.2, 0.25) is 0 Å². The molecule has 2 aliphatic rings. The monoisotopic (exact) mass is 544 g/mol. The van der Waals surface area contributed by atoms with Gasteiger partial charge in [-0.3, -0.25) is 0 Å². The molecule has 0 saturated carbocycles. The van der Waals surface area contributed by atoms with Crippen molar-refractivity contribution in [1.29, 1.82) is 0 Å². The number of nitrogens with one attached hydrogen (secondary N) is 2. The summed E-state index contributed by atoms with van der Waals surface area (Å²) in [5.41, 5.74) is 6.73. The van der Waals surface area contributed by atoms with Crippen LogP contribution in [0.4, 0.5) is 0 Å². The van der Waals surface area contributed by atoms with Crippen LogP contribution in [0.5, 0.6) is 0 Å². The summed E-state index contributed by atoms with van der Waals surface area (Å²) in [7, 11) is 0. The topological polar surface area (TPSA) is 129 Å². The average molecular weight is 545 g/mol. The summed E-state index contributed by atoms with van der Waals surface area (Å²) in [5.74, 6) is 2.18. The highest BCUT2D eigenvalue weighted by Crippen LogP contribution is 2.37. The third-order valence-electron chi connectivity index (χ3n) is 7.84. The molecule has 7 aromatic rings. The number of H-pyrrole nitrogens is 2. The van der Waals surface area contributed by atoms with Gasteiger partial charge in [0.15, 0.2) is 23.3 Å². The predicted octanol–water partition coefficient (Wildman–Crippen LogP) is 6.36. The second-order valence-electron chi connectivity index (χ2n) is 10.2. The zero-order valence-electron chi connectivity index (χ0n) is 22.0. The fourth-order valence-corrected chi connectivity index (χ4v) is 5.89. The van der Waals surface area contributed by atoms with Crippen molar-refractivity contribution in [2.45, 2.75) is 6.61 Å². The Morgan fingerprint density at radius 3 is 1.33 bits per heavy atom. The minimum Gasteiger partial charge on any atom is -0.392 e. The third kappa shape index (κ3) is 3.28. The molecular formula is C33H20N8O. The first-order valence-electron chi connectivity index (χ1n) is 13.6. The average Bonchev–Trinajstić information content (AvgIpc) is 3.76. The van der Waals surface area contributed by atoms with Gasteiger partial charge in [0.25, 0.3) is 0 Å². The molecule has 9 heteroatoms. The van der Waals surface area contributed by atoms with E-state index in [1.807, 2.05) is 91.0 Å². The van der Waals surface area contributed by atoms with Gasteiger partial charge in [-0.2, -0.15) is 0 Å². The van der Waals surface area contributed by atoms with Crippen molar-refractivity contribution in [3.05, 3.63) is 96.6 Å². The number of aliphatic hydroxyl groups is 1. The van der Waals surface area contributed by atoms with Gasteiger partial charge in [-0.05, 0) is 5.56 Å². The second kappa shape index (κ2) is 8.60. The molecule has 42 heavy (non-hydrogen) atoms. The molecule has 198 valence electrons. The maximum absolute atomic E-state index is 10.2. The van der Waals surface area contributed by atoms with Crippen molar-refractivity contribution in [3.63, 3.8) is 0 Å². The summed E-state index contributed by atoms with van der Waals surface area (Å²) in [6.45, 7) is -0.143. The number of hydrogen-bond donors (Lipinski definition) is 3. The first kappa shape index (κ1) is 23.0. The van der Waals surface area contributed by atoms with Crippen LogP contribution in [0.25, 0.3) is 89.7 Å². The maximum Gasteiger partial charge on any atom is 0.164 e. The molecule has 0 aliphatic carbocycles. The minimum absolute atomic E-state index is 0.143. The minimum atomic E-state index is -0.143. The Kier molecular flexibility index (Phi) is 4.70. The Labute approximate surface area is 237 Å². The summed E-state index contributed by atoms with van der Waals surface area (Å²) in [5, 5.41) is 13.7. The summed E-state index contributed by atoms with van der Waals surface area (Å²) >= 11 is 0. The number of hydrogen-bond acceptors (Lipinski definition) is 7. The highest BCUT2D eigenvalue weighted by molar-refractivity contribution is 6.07. The van der Waals surface area contributed by atoms with Crippen LogP contribution in [0.1, 0.15) is 5.56 Å². The van der Waals surface area contributed by atoms with Crippen LogP contribution in [0.3, 0.4) is 0 Å². The standard InChI is InChI=1S/C33H20N8O/c42-16-17-8-7-15-24-25(17)33-40-31-23-14-6-5-13-22(23)29(38-31)36-27-19-10-2-1-9-18(19)26(34-27)35-28-20-11-3-4-12-21(20)30(37-28)39-32(24)41-33/h1-15,42H,16H2,(H2,34,35,36,37,38,39,40,41). The van der Waals surface area contributed by atoms with E-state index in [4.69, 9.17) is 29.9 Å². The van der Waals surface area contributed by atoms with E-state index in [1.54, 1.807) is 0 Å². The Balaban J connectivity index is 1.52. The van der Waals surface area contributed by atoms with Crippen molar-refractivity contribution >= 4 is 44.1 Å². The molecule has 0 atom stereocenters. The Bertz CT molecular complexity index is 2420. The van der Waals surface area contributed by atoms with Crippen LogP contribution >= 0.6 is 0 Å². The van der Waals surface area contributed by atoms with Crippen LogP contribution in [-0.4, -0.2) is 45.0 Å². The molecule has 0 radical (unpaired) electrons. The van der Waals surface area contributed by atoms with Gasteiger partial charge in [0.2, 0.25) is 0 Å². The number of rotatable bonds is 1. The lowest BCUT2D eigenvalue weighted by atomic mass is 10.1. The first-order valence-corrected chi connectivity index (χ1v) is 13.6. The smallest absolute Gasteiger partial charge is 0.164 e. The van der Waals surface area contributed by atoms with E-state index in [1.165, 1.54) is 0 Å². The zero-order chi connectivity index (χ0) is 27.8. The predicted molar refractivity (Wildman–Crippen MR) is 162 cm³/mol. The number of aromatic amines is 2. The highest BCUT2D eigenvalue weighted by Gasteiger charge is 2.22. The third-order valence-corrected chi connectivity index (χ3v) is 7.84. The van der Waals surface area contributed by atoms with E-state index in [0.29, 0.717) is 45.9 Å². The quantitative estimate of drug-likeness (QED) is 0.219. The Morgan fingerprint density at radius 1 is 0.429 bits per heavy atom. The van der Waals surface area contributed by atoms with Crippen molar-refractivity contribution in [1.82, 2.24) is 39.9 Å². The van der Waals surface area contributed by atoms with Gasteiger partial charge in [-0.1, -0.05) is 91.0 Å². The van der Waals surface area contributed by atoms with Crippen LogP contribution in [-0.2, 0) is 6.61 Å². The van der Waals surface area contributed by atoms with Gasteiger partial charge < -0.3 is 15.1 Å². The van der Waals surface area contributed by atoms with Crippen molar-refractivity contribution < 1.29 is 5.11 Å². The Morgan fingerprint density at radius 2 is 0.833 bits per heavy atom. The second-order valence-corrected chi connectivity index (χ2v) is 10.2. The number of nitrogens with zero attached hydrogens (tertiary/aromatic N) is 6. The number of benzene rings is 4. The lowest BCUT2D eigenvalue weighted by Gasteiger charge is -1.99. The molecule has 0 saturated heterocycles. The van der Waals surface area contributed by atoms with Gasteiger partial charge in [0.05, 0.1) is 6.61 Å². The molecule has 0 unspecified atom stereocenters. The molecule has 5 heterocycles. The lowest BCUT2D eigenvalue weighted by Crippen LogP contribution is -1.86. The van der Waals surface area contributed by atoms with Crippen molar-refractivity contribution in [2.75, 3.05) is 0 Å². The molecular weight excluding hydrogens is 524 g/mol. The number of aliphatic hydroxyl groups excluding tert-OH is 1. The molecule has 3 aromatic heterocycles. The van der Waals surface area contributed by atoms with Crippen molar-refractivity contribution in [2.24, 2.45) is 0 Å². The summed E-state index contributed by atoms with van der Waals surface area (Å²) in [6, 6.07) is 29.7. The molecule has 9 rings (SSSR count). The number of fused-ring (bicyclic) bond motifs is 20. The molecule has 2 aliphatic heterocycles. The summed E-state index contributed by atoms with van der Waals surface area (Å²) < 4.78 is 0. The Hall–Kier alpha value is -5.80. The highest BCUT2D eigenvalue weighted by atomic mass is 16.3. The molecule has 0 amide bonds. The molecule has 0 fully saturated rings. The van der Waals surface area contributed by atoms with Crippen LogP contribution in [0, 0.1) is 0 Å². The van der Waals surface area contributed by atoms with Crippen LogP contribution in [0.15, 0.2) is 91.0 Å². The zero-order valence-corrected chi connectivity index (χ0v) is 22.0. The molecule has 4 aromatic carbocycles. The summed E-state index contributed by atoms with van der Waals surface area (Å²) in [4.78, 5) is 36.7. The molecule has 3 N–H and O–H groups in total. The van der Waals surface area contributed by atoms with E-state index >= 15 is 0 Å². The first-order chi connectivity index (χ1) is 20.7. The molecule has 0 spiro atoms.